The highest BCUT2D eigenvalue weighted by molar-refractivity contribution is 9.10. The van der Waals surface area contributed by atoms with Gasteiger partial charge in [-0.2, -0.15) is 0 Å². The molecular formula is C15H15BrFNO. The first-order valence-electron chi connectivity index (χ1n) is 6.02. The van der Waals surface area contributed by atoms with Crippen LogP contribution in [-0.2, 0) is 6.42 Å². The molecule has 2 nitrogen and oxygen atoms in total. The van der Waals surface area contributed by atoms with Crippen LogP contribution in [0.15, 0.2) is 46.9 Å². The lowest BCUT2D eigenvalue weighted by atomic mass is 10.1. The van der Waals surface area contributed by atoms with Gasteiger partial charge in [-0.3, -0.25) is 0 Å². The third kappa shape index (κ3) is 4.04. The Labute approximate surface area is 120 Å². The molecule has 100 valence electrons. The van der Waals surface area contributed by atoms with Crippen LogP contribution in [0.25, 0.3) is 0 Å². The van der Waals surface area contributed by atoms with E-state index in [-0.39, 0.29) is 11.9 Å². The van der Waals surface area contributed by atoms with Crippen LogP contribution in [-0.4, -0.2) is 6.04 Å². The molecule has 0 radical (unpaired) electrons. The number of hydrogen-bond donors (Lipinski definition) is 1. The minimum atomic E-state index is -0.342. The van der Waals surface area contributed by atoms with E-state index >= 15 is 0 Å². The molecule has 0 fully saturated rings. The molecule has 2 N–H and O–H groups in total. The molecule has 0 amide bonds. The molecule has 0 bridgehead atoms. The van der Waals surface area contributed by atoms with Gasteiger partial charge in [0.05, 0.1) is 4.47 Å². The minimum Gasteiger partial charge on any atom is -0.457 e. The van der Waals surface area contributed by atoms with Crippen molar-refractivity contribution in [2.24, 2.45) is 5.73 Å². The lowest BCUT2D eigenvalue weighted by Crippen LogP contribution is -2.17. The number of halogens is 2. The SMILES string of the molecule is CC(N)Cc1ccc(Oc2ccc(Br)c(F)c2)cc1. The van der Waals surface area contributed by atoms with E-state index in [1.807, 2.05) is 31.2 Å². The molecule has 1 unspecified atom stereocenters. The zero-order valence-electron chi connectivity index (χ0n) is 10.6. The van der Waals surface area contributed by atoms with Gasteiger partial charge in [-0.05, 0) is 59.1 Å². The van der Waals surface area contributed by atoms with Gasteiger partial charge in [0, 0.05) is 12.1 Å². The first-order valence-corrected chi connectivity index (χ1v) is 6.81. The van der Waals surface area contributed by atoms with E-state index in [9.17, 15) is 4.39 Å². The zero-order chi connectivity index (χ0) is 13.8. The average Bonchev–Trinajstić information content (AvgIpc) is 2.36. The molecule has 0 saturated carbocycles. The summed E-state index contributed by atoms with van der Waals surface area (Å²) >= 11 is 3.10. The van der Waals surface area contributed by atoms with Crippen LogP contribution in [0.4, 0.5) is 4.39 Å². The zero-order valence-corrected chi connectivity index (χ0v) is 12.2. The maximum Gasteiger partial charge on any atom is 0.141 e. The van der Waals surface area contributed by atoms with Crippen LogP contribution in [0.5, 0.6) is 11.5 Å². The van der Waals surface area contributed by atoms with Gasteiger partial charge in [0.25, 0.3) is 0 Å². The van der Waals surface area contributed by atoms with Crippen molar-refractivity contribution in [3.8, 4) is 11.5 Å². The summed E-state index contributed by atoms with van der Waals surface area (Å²) in [6.45, 7) is 1.97. The molecule has 0 spiro atoms. The molecule has 1 atom stereocenters. The van der Waals surface area contributed by atoms with Crippen molar-refractivity contribution < 1.29 is 9.13 Å². The number of benzene rings is 2. The third-order valence-electron chi connectivity index (χ3n) is 2.61. The Morgan fingerprint density at radius 2 is 1.79 bits per heavy atom. The monoisotopic (exact) mass is 323 g/mol. The fourth-order valence-corrected chi connectivity index (χ4v) is 1.99. The number of hydrogen-bond acceptors (Lipinski definition) is 2. The van der Waals surface area contributed by atoms with Crippen molar-refractivity contribution in [2.45, 2.75) is 19.4 Å². The van der Waals surface area contributed by atoms with Gasteiger partial charge in [0.15, 0.2) is 0 Å². The molecule has 0 aliphatic carbocycles. The van der Waals surface area contributed by atoms with Gasteiger partial charge in [0.1, 0.15) is 17.3 Å². The Hall–Kier alpha value is -1.39. The van der Waals surface area contributed by atoms with Gasteiger partial charge in [-0.25, -0.2) is 4.39 Å². The van der Waals surface area contributed by atoms with E-state index in [1.54, 1.807) is 12.1 Å². The Balaban J connectivity index is 2.08. The summed E-state index contributed by atoms with van der Waals surface area (Å²) in [6.07, 6.45) is 0.827. The quantitative estimate of drug-likeness (QED) is 0.911. The fraction of sp³-hybridized carbons (Fsp3) is 0.200. The van der Waals surface area contributed by atoms with E-state index in [1.165, 1.54) is 6.07 Å². The maximum atomic E-state index is 13.3. The van der Waals surface area contributed by atoms with Crippen LogP contribution < -0.4 is 10.5 Å². The topological polar surface area (TPSA) is 35.2 Å². The molecule has 2 aromatic carbocycles. The van der Waals surface area contributed by atoms with Gasteiger partial charge in [0.2, 0.25) is 0 Å². The Kier molecular flexibility index (Phi) is 4.56. The second-order valence-corrected chi connectivity index (χ2v) is 5.36. The fourth-order valence-electron chi connectivity index (χ4n) is 1.74. The van der Waals surface area contributed by atoms with Crippen LogP contribution in [0.3, 0.4) is 0 Å². The molecule has 19 heavy (non-hydrogen) atoms. The summed E-state index contributed by atoms with van der Waals surface area (Å²) in [4.78, 5) is 0. The van der Waals surface area contributed by atoms with Crippen molar-refractivity contribution in [3.05, 3.63) is 58.3 Å². The van der Waals surface area contributed by atoms with E-state index in [4.69, 9.17) is 10.5 Å². The Morgan fingerprint density at radius 3 is 2.37 bits per heavy atom. The standard InChI is InChI=1S/C15H15BrFNO/c1-10(18)8-11-2-4-12(5-3-11)19-13-6-7-14(16)15(17)9-13/h2-7,9-10H,8,18H2,1H3. The van der Waals surface area contributed by atoms with Crippen LogP contribution >= 0.6 is 15.9 Å². The Bertz CT molecular complexity index is 555. The summed E-state index contributed by atoms with van der Waals surface area (Å²) in [5, 5.41) is 0. The van der Waals surface area contributed by atoms with Crippen LogP contribution in [0, 0.1) is 5.82 Å². The second kappa shape index (κ2) is 6.17. The van der Waals surface area contributed by atoms with Crippen LogP contribution in [0.2, 0.25) is 0 Å². The summed E-state index contributed by atoms with van der Waals surface area (Å²) in [5.74, 6) is 0.807. The van der Waals surface area contributed by atoms with Gasteiger partial charge in [-0.1, -0.05) is 12.1 Å². The van der Waals surface area contributed by atoms with E-state index in [0.29, 0.717) is 16.0 Å². The van der Waals surface area contributed by atoms with Crippen molar-refractivity contribution in [1.82, 2.24) is 0 Å². The normalized spacial score (nSPS) is 12.2. The van der Waals surface area contributed by atoms with Crippen LogP contribution in [0.1, 0.15) is 12.5 Å². The van der Waals surface area contributed by atoms with Crippen molar-refractivity contribution in [3.63, 3.8) is 0 Å². The number of rotatable bonds is 4. The van der Waals surface area contributed by atoms with Gasteiger partial charge in [-0.15, -0.1) is 0 Å². The second-order valence-electron chi connectivity index (χ2n) is 4.50. The lowest BCUT2D eigenvalue weighted by Gasteiger charge is -2.08. The van der Waals surface area contributed by atoms with E-state index in [0.717, 1.165) is 12.0 Å². The highest BCUT2D eigenvalue weighted by Gasteiger charge is 2.03. The molecule has 4 heteroatoms. The summed E-state index contributed by atoms with van der Waals surface area (Å²) < 4.78 is 19.4. The Morgan fingerprint density at radius 1 is 1.16 bits per heavy atom. The van der Waals surface area contributed by atoms with Crippen molar-refractivity contribution in [1.29, 1.82) is 0 Å². The summed E-state index contributed by atoms with van der Waals surface area (Å²) in [6, 6.07) is 12.5. The predicted octanol–water partition coefficient (Wildman–Crippen LogP) is 4.27. The largest absolute Gasteiger partial charge is 0.457 e. The first-order chi connectivity index (χ1) is 9.04. The van der Waals surface area contributed by atoms with Gasteiger partial charge >= 0.3 is 0 Å². The number of nitrogens with two attached hydrogens (primary N) is 1. The smallest absolute Gasteiger partial charge is 0.141 e. The van der Waals surface area contributed by atoms with Crippen molar-refractivity contribution >= 4 is 15.9 Å². The molecule has 0 heterocycles. The molecule has 2 rings (SSSR count). The molecular weight excluding hydrogens is 309 g/mol. The minimum absolute atomic E-state index is 0.132. The molecule has 0 aliphatic rings. The highest BCUT2D eigenvalue weighted by atomic mass is 79.9. The molecule has 2 aromatic rings. The average molecular weight is 324 g/mol. The summed E-state index contributed by atoms with van der Waals surface area (Å²) in [5.41, 5.74) is 6.90. The molecule has 0 aromatic heterocycles. The van der Waals surface area contributed by atoms with Gasteiger partial charge < -0.3 is 10.5 Å². The molecule has 0 aliphatic heterocycles. The lowest BCUT2D eigenvalue weighted by molar-refractivity contribution is 0.476. The van der Waals surface area contributed by atoms with E-state index < -0.39 is 0 Å². The summed E-state index contributed by atoms with van der Waals surface area (Å²) in [7, 11) is 0. The number of ether oxygens (including phenoxy) is 1. The maximum absolute atomic E-state index is 13.3. The molecule has 0 saturated heterocycles. The predicted molar refractivity (Wildman–Crippen MR) is 78.0 cm³/mol. The first kappa shape index (κ1) is 14.0. The highest BCUT2D eigenvalue weighted by Crippen LogP contribution is 2.26. The van der Waals surface area contributed by atoms with Crippen molar-refractivity contribution in [2.75, 3.05) is 0 Å². The third-order valence-corrected chi connectivity index (χ3v) is 3.25. The van der Waals surface area contributed by atoms with E-state index in [2.05, 4.69) is 15.9 Å².